The molecule has 3 atom stereocenters. The second-order valence-electron chi connectivity index (χ2n) is 7.20. The molecular formula is C17H29NO2. The first-order valence-corrected chi connectivity index (χ1v) is 7.86. The maximum atomic E-state index is 6.18. The van der Waals surface area contributed by atoms with Crippen molar-refractivity contribution in [2.45, 2.75) is 77.3 Å². The van der Waals surface area contributed by atoms with Gasteiger partial charge in [0.05, 0.1) is 24.4 Å². The van der Waals surface area contributed by atoms with Crippen molar-refractivity contribution in [2.75, 3.05) is 19.6 Å². The van der Waals surface area contributed by atoms with Crippen molar-refractivity contribution in [3.05, 3.63) is 0 Å². The maximum Gasteiger partial charge on any atom is 0.126 e. The van der Waals surface area contributed by atoms with Crippen LogP contribution in [0.25, 0.3) is 0 Å². The fourth-order valence-corrected chi connectivity index (χ4v) is 3.40. The highest BCUT2D eigenvalue weighted by molar-refractivity contribution is 5.16. The molecule has 20 heavy (non-hydrogen) atoms. The summed E-state index contributed by atoms with van der Waals surface area (Å²) in [7, 11) is 0. The van der Waals surface area contributed by atoms with E-state index in [2.05, 4.69) is 51.4 Å². The molecule has 2 rings (SSSR count). The lowest BCUT2D eigenvalue weighted by Crippen LogP contribution is -2.45. The summed E-state index contributed by atoms with van der Waals surface area (Å²) in [6, 6.07) is 0. The highest BCUT2D eigenvalue weighted by atomic mass is 16.5. The van der Waals surface area contributed by atoms with Gasteiger partial charge in [0.1, 0.15) is 5.60 Å². The van der Waals surface area contributed by atoms with E-state index in [-0.39, 0.29) is 11.2 Å². The Kier molecular flexibility index (Phi) is 4.79. The smallest absolute Gasteiger partial charge is 0.126 e. The molecule has 0 spiro atoms. The van der Waals surface area contributed by atoms with Crippen LogP contribution in [-0.4, -0.2) is 47.9 Å². The summed E-state index contributed by atoms with van der Waals surface area (Å²) in [4.78, 5) is 2.38. The molecule has 2 aliphatic rings. The summed E-state index contributed by atoms with van der Waals surface area (Å²) in [5.41, 5.74) is -0.311. The largest absolute Gasteiger partial charge is 0.373 e. The number of hydrogen-bond acceptors (Lipinski definition) is 3. The van der Waals surface area contributed by atoms with Crippen molar-refractivity contribution < 1.29 is 9.47 Å². The lowest BCUT2D eigenvalue weighted by atomic mass is 9.88. The van der Waals surface area contributed by atoms with Crippen LogP contribution in [0.1, 0.15) is 53.9 Å². The zero-order valence-corrected chi connectivity index (χ0v) is 13.7. The van der Waals surface area contributed by atoms with Gasteiger partial charge in [-0.1, -0.05) is 11.8 Å². The molecule has 0 N–H and O–H groups in total. The van der Waals surface area contributed by atoms with Crippen LogP contribution >= 0.6 is 0 Å². The van der Waals surface area contributed by atoms with Gasteiger partial charge in [-0.15, -0.1) is 0 Å². The molecule has 2 fully saturated rings. The molecule has 3 unspecified atom stereocenters. The minimum absolute atomic E-state index is 0.0380. The van der Waals surface area contributed by atoms with E-state index in [1.807, 2.05) is 0 Å². The third-order valence-corrected chi connectivity index (χ3v) is 4.08. The highest BCUT2D eigenvalue weighted by Crippen LogP contribution is 2.34. The summed E-state index contributed by atoms with van der Waals surface area (Å²) in [6.07, 6.45) is 3.98. The molecule has 2 aliphatic heterocycles. The molecule has 2 heterocycles. The molecule has 2 saturated heterocycles. The standard InChI is InChI=1S/C17H29NO2/c1-14-12-18(13-15(2)19-14)11-7-10-17(5)9-6-8-16(3,4)20-17/h14-15H,6,8-9,11-13H2,1-5H3. The number of nitrogens with zero attached hydrogens (tertiary/aromatic N) is 1. The molecule has 114 valence electrons. The molecule has 0 aliphatic carbocycles. The zero-order valence-electron chi connectivity index (χ0n) is 13.7. The fraction of sp³-hybridized carbons (Fsp3) is 0.882. The second kappa shape index (κ2) is 6.05. The summed E-state index contributed by atoms with van der Waals surface area (Å²) in [5, 5.41) is 0. The lowest BCUT2D eigenvalue weighted by Gasteiger charge is -2.40. The first kappa shape index (κ1) is 15.8. The van der Waals surface area contributed by atoms with Gasteiger partial charge in [-0.3, -0.25) is 4.90 Å². The van der Waals surface area contributed by atoms with Crippen LogP contribution in [0.5, 0.6) is 0 Å². The quantitative estimate of drug-likeness (QED) is 0.689. The third kappa shape index (κ3) is 4.48. The Morgan fingerprint density at radius 1 is 1.10 bits per heavy atom. The Bertz CT molecular complexity index is 386. The second-order valence-corrected chi connectivity index (χ2v) is 7.20. The molecule has 0 aromatic heterocycles. The Morgan fingerprint density at radius 3 is 2.35 bits per heavy atom. The Labute approximate surface area is 124 Å². The molecule has 0 saturated carbocycles. The summed E-state index contributed by atoms with van der Waals surface area (Å²) in [6.45, 7) is 13.5. The maximum absolute atomic E-state index is 6.18. The topological polar surface area (TPSA) is 21.7 Å². The van der Waals surface area contributed by atoms with Crippen LogP contribution in [0, 0.1) is 11.8 Å². The van der Waals surface area contributed by atoms with E-state index in [0.717, 1.165) is 32.5 Å². The predicted molar refractivity (Wildman–Crippen MR) is 81.6 cm³/mol. The van der Waals surface area contributed by atoms with Crippen LogP contribution in [0.15, 0.2) is 0 Å². The minimum Gasteiger partial charge on any atom is -0.373 e. The van der Waals surface area contributed by atoms with E-state index in [4.69, 9.17) is 9.47 Å². The monoisotopic (exact) mass is 279 g/mol. The number of rotatable bonds is 1. The van der Waals surface area contributed by atoms with Gasteiger partial charge in [-0.2, -0.15) is 0 Å². The average molecular weight is 279 g/mol. The van der Waals surface area contributed by atoms with E-state index in [1.165, 1.54) is 6.42 Å². The molecule has 0 bridgehead atoms. The first-order chi connectivity index (χ1) is 9.28. The number of hydrogen-bond donors (Lipinski definition) is 0. The number of ether oxygens (including phenoxy) is 2. The molecule has 0 amide bonds. The van der Waals surface area contributed by atoms with Crippen molar-refractivity contribution in [2.24, 2.45) is 0 Å². The van der Waals surface area contributed by atoms with E-state index in [0.29, 0.717) is 12.2 Å². The number of morpholine rings is 1. The lowest BCUT2D eigenvalue weighted by molar-refractivity contribution is -0.135. The van der Waals surface area contributed by atoms with Gasteiger partial charge in [0.15, 0.2) is 0 Å². The van der Waals surface area contributed by atoms with Crippen LogP contribution in [-0.2, 0) is 9.47 Å². The van der Waals surface area contributed by atoms with Gasteiger partial charge in [0, 0.05) is 13.1 Å². The molecule has 3 heteroatoms. The summed E-state index contributed by atoms with van der Waals surface area (Å²) in [5.74, 6) is 6.72. The van der Waals surface area contributed by atoms with Gasteiger partial charge in [-0.05, 0) is 53.9 Å². The van der Waals surface area contributed by atoms with Crippen molar-refractivity contribution in [1.82, 2.24) is 4.90 Å². The average Bonchev–Trinajstić information content (AvgIpc) is 2.25. The molecule has 0 aromatic rings. The predicted octanol–water partition coefficient (Wildman–Crippen LogP) is 2.84. The molecule has 0 aromatic carbocycles. The van der Waals surface area contributed by atoms with Gasteiger partial charge < -0.3 is 9.47 Å². The van der Waals surface area contributed by atoms with Crippen molar-refractivity contribution >= 4 is 0 Å². The minimum atomic E-state index is -0.273. The first-order valence-electron chi connectivity index (χ1n) is 7.86. The molecule has 3 nitrogen and oxygen atoms in total. The van der Waals surface area contributed by atoms with Crippen molar-refractivity contribution in [3.8, 4) is 11.8 Å². The zero-order chi connectivity index (χ0) is 14.8. The van der Waals surface area contributed by atoms with Crippen molar-refractivity contribution in [3.63, 3.8) is 0 Å². The van der Waals surface area contributed by atoms with E-state index < -0.39 is 0 Å². The van der Waals surface area contributed by atoms with Gasteiger partial charge in [0.25, 0.3) is 0 Å². The fourth-order valence-electron chi connectivity index (χ4n) is 3.40. The molecule has 0 radical (unpaired) electrons. The van der Waals surface area contributed by atoms with E-state index in [1.54, 1.807) is 0 Å². The van der Waals surface area contributed by atoms with E-state index in [9.17, 15) is 0 Å². The van der Waals surface area contributed by atoms with Crippen LogP contribution < -0.4 is 0 Å². The van der Waals surface area contributed by atoms with Gasteiger partial charge >= 0.3 is 0 Å². The van der Waals surface area contributed by atoms with Gasteiger partial charge in [-0.25, -0.2) is 0 Å². The van der Waals surface area contributed by atoms with E-state index >= 15 is 0 Å². The SMILES string of the molecule is CC1CN(CC#CC2(C)CCCC(C)(C)O2)CC(C)O1. The third-order valence-electron chi connectivity index (χ3n) is 4.08. The summed E-state index contributed by atoms with van der Waals surface area (Å²) >= 11 is 0. The van der Waals surface area contributed by atoms with Crippen LogP contribution in [0.4, 0.5) is 0 Å². The van der Waals surface area contributed by atoms with Gasteiger partial charge in [0.2, 0.25) is 0 Å². The van der Waals surface area contributed by atoms with Crippen LogP contribution in [0.2, 0.25) is 0 Å². The Morgan fingerprint density at radius 2 is 1.75 bits per heavy atom. The normalized spacial score (nSPS) is 38.0. The van der Waals surface area contributed by atoms with Crippen LogP contribution in [0.3, 0.4) is 0 Å². The molecular weight excluding hydrogens is 250 g/mol. The van der Waals surface area contributed by atoms with Crippen molar-refractivity contribution in [1.29, 1.82) is 0 Å². The summed E-state index contributed by atoms with van der Waals surface area (Å²) < 4.78 is 11.9. The highest BCUT2D eigenvalue weighted by Gasteiger charge is 2.35. The Hall–Kier alpha value is -0.560. The Balaban J connectivity index is 1.90.